The number of hydrogen-bond acceptors (Lipinski definition) is 3. The Bertz CT molecular complexity index is 554. The lowest BCUT2D eigenvalue weighted by Crippen LogP contribution is -2.48. The molecule has 1 aromatic carbocycles. The van der Waals surface area contributed by atoms with Crippen LogP contribution in [0.2, 0.25) is 0 Å². The monoisotopic (exact) mass is 287 g/mol. The Labute approximate surface area is 124 Å². The molecule has 1 atom stereocenters. The number of nitrogens with zero attached hydrogens (tertiary/aromatic N) is 1. The molecule has 2 amide bonds. The molecule has 5 heteroatoms. The van der Waals surface area contributed by atoms with E-state index in [0.29, 0.717) is 12.3 Å². The van der Waals surface area contributed by atoms with Gasteiger partial charge in [-0.25, -0.2) is 0 Å². The first-order valence-electron chi connectivity index (χ1n) is 7.57. The largest absolute Gasteiger partial charge is 0.326 e. The lowest BCUT2D eigenvalue weighted by atomic mass is 9.88. The minimum Gasteiger partial charge on any atom is -0.326 e. The average Bonchev–Trinajstić information content (AvgIpc) is 2.83. The molecule has 0 aromatic heterocycles. The van der Waals surface area contributed by atoms with E-state index in [4.69, 9.17) is 0 Å². The lowest BCUT2D eigenvalue weighted by Gasteiger charge is -2.31. The van der Waals surface area contributed by atoms with Crippen LogP contribution in [0.1, 0.15) is 19.8 Å². The zero-order valence-corrected chi connectivity index (χ0v) is 12.3. The van der Waals surface area contributed by atoms with Gasteiger partial charge in [-0.15, -0.1) is 0 Å². The smallest absolute Gasteiger partial charge is 0.227 e. The van der Waals surface area contributed by atoms with Crippen molar-refractivity contribution in [1.82, 2.24) is 5.32 Å². The minimum atomic E-state index is 0.00308. The number of benzene rings is 1. The standard InChI is InChI=1S/C16H21N3O2/c1-11(12-9-17-10-12)16(21)18-13-4-2-5-14(8-13)19-7-3-6-15(19)20/h2,4-5,8,11-12,17H,3,6-7,9-10H2,1H3,(H,18,21). The first kappa shape index (κ1) is 14.1. The summed E-state index contributed by atoms with van der Waals surface area (Å²) in [4.78, 5) is 25.8. The highest BCUT2D eigenvalue weighted by Crippen LogP contribution is 2.25. The van der Waals surface area contributed by atoms with E-state index in [0.717, 1.165) is 37.4 Å². The van der Waals surface area contributed by atoms with Crippen molar-refractivity contribution in [3.05, 3.63) is 24.3 Å². The number of carbonyl (C=O) groups is 2. The van der Waals surface area contributed by atoms with E-state index >= 15 is 0 Å². The fourth-order valence-corrected chi connectivity index (χ4v) is 2.81. The molecule has 2 fully saturated rings. The molecule has 0 spiro atoms. The van der Waals surface area contributed by atoms with E-state index in [1.165, 1.54) is 0 Å². The molecule has 0 bridgehead atoms. The van der Waals surface area contributed by atoms with Crippen molar-refractivity contribution in [2.75, 3.05) is 29.9 Å². The van der Waals surface area contributed by atoms with Crippen molar-refractivity contribution in [3.8, 4) is 0 Å². The normalized spacial score (nSPS) is 20.2. The van der Waals surface area contributed by atoms with Crippen LogP contribution in [-0.4, -0.2) is 31.4 Å². The summed E-state index contributed by atoms with van der Waals surface area (Å²) < 4.78 is 0. The summed E-state index contributed by atoms with van der Waals surface area (Å²) in [5, 5.41) is 6.15. The van der Waals surface area contributed by atoms with E-state index in [-0.39, 0.29) is 17.7 Å². The first-order chi connectivity index (χ1) is 10.1. The second kappa shape index (κ2) is 5.85. The van der Waals surface area contributed by atoms with Gasteiger partial charge in [-0.3, -0.25) is 9.59 Å². The van der Waals surface area contributed by atoms with Gasteiger partial charge in [-0.05, 0) is 43.6 Å². The number of nitrogens with one attached hydrogen (secondary N) is 2. The van der Waals surface area contributed by atoms with Gasteiger partial charge in [-0.2, -0.15) is 0 Å². The van der Waals surface area contributed by atoms with Gasteiger partial charge in [0.25, 0.3) is 0 Å². The molecule has 1 aromatic rings. The van der Waals surface area contributed by atoms with Gasteiger partial charge in [0.05, 0.1) is 0 Å². The summed E-state index contributed by atoms with van der Waals surface area (Å²) in [7, 11) is 0. The fraction of sp³-hybridized carbons (Fsp3) is 0.500. The van der Waals surface area contributed by atoms with Crippen molar-refractivity contribution in [2.24, 2.45) is 11.8 Å². The molecule has 21 heavy (non-hydrogen) atoms. The van der Waals surface area contributed by atoms with Crippen LogP contribution in [0.4, 0.5) is 11.4 Å². The molecule has 1 unspecified atom stereocenters. The van der Waals surface area contributed by atoms with Crippen LogP contribution in [-0.2, 0) is 9.59 Å². The molecule has 2 saturated heterocycles. The van der Waals surface area contributed by atoms with Gasteiger partial charge >= 0.3 is 0 Å². The first-order valence-corrected chi connectivity index (χ1v) is 7.57. The Morgan fingerprint density at radius 3 is 2.86 bits per heavy atom. The van der Waals surface area contributed by atoms with E-state index in [1.54, 1.807) is 4.90 Å². The second-order valence-corrected chi connectivity index (χ2v) is 5.90. The van der Waals surface area contributed by atoms with Crippen LogP contribution in [0.25, 0.3) is 0 Å². The molecule has 2 aliphatic rings. The van der Waals surface area contributed by atoms with Crippen LogP contribution < -0.4 is 15.5 Å². The van der Waals surface area contributed by atoms with Crippen LogP contribution >= 0.6 is 0 Å². The number of anilines is 2. The predicted octanol–water partition coefficient (Wildman–Crippen LogP) is 1.61. The van der Waals surface area contributed by atoms with Gasteiger partial charge in [0.1, 0.15) is 0 Å². The SMILES string of the molecule is CC(C(=O)Nc1cccc(N2CCCC2=O)c1)C1CNC1. The van der Waals surface area contributed by atoms with E-state index in [9.17, 15) is 9.59 Å². The number of carbonyl (C=O) groups excluding carboxylic acids is 2. The molecule has 112 valence electrons. The zero-order chi connectivity index (χ0) is 14.8. The molecular formula is C16H21N3O2. The molecular weight excluding hydrogens is 266 g/mol. The molecule has 3 rings (SSSR count). The molecule has 2 aliphatic heterocycles. The Balaban J connectivity index is 1.68. The van der Waals surface area contributed by atoms with E-state index in [2.05, 4.69) is 10.6 Å². The number of hydrogen-bond donors (Lipinski definition) is 2. The lowest BCUT2D eigenvalue weighted by molar-refractivity contribution is -0.121. The quantitative estimate of drug-likeness (QED) is 0.884. The van der Waals surface area contributed by atoms with E-state index < -0.39 is 0 Å². The van der Waals surface area contributed by atoms with Crippen LogP contribution in [0, 0.1) is 11.8 Å². The molecule has 0 saturated carbocycles. The number of amides is 2. The van der Waals surface area contributed by atoms with Crippen molar-refractivity contribution in [1.29, 1.82) is 0 Å². The highest BCUT2D eigenvalue weighted by atomic mass is 16.2. The predicted molar refractivity (Wildman–Crippen MR) is 82.2 cm³/mol. The van der Waals surface area contributed by atoms with Crippen molar-refractivity contribution in [2.45, 2.75) is 19.8 Å². The maximum Gasteiger partial charge on any atom is 0.227 e. The van der Waals surface area contributed by atoms with Crippen LogP contribution in [0.3, 0.4) is 0 Å². The summed E-state index contributed by atoms with van der Waals surface area (Å²) in [5.74, 6) is 0.635. The van der Waals surface area contributed by atoms with E-state index in [1.807, 2.05) is 31.2 Å². The third kappa shape index (κ3) is 2.93. The Morgan fingerprint density at radius 1 is 1.43 bits per heavy atom. The third-order valence-electron chi connectivity index (χ3n) is 4.43. The van der Waals surface area contributed by atoms with Gasteiger partial charge in [0.2, 0.25) is 11.8 Å². The maximum absolute atomic E-state index is 12.2. The van der Waals surface area contributed by atoms with Crippen molar-refractivity contribution < 1.29 is 9.59 Å². The van der Waals surface area contributed by atoms with Crippen molar-refractivity contribution >= 4 is 23.2 Å². The Morgan fingerprint density at radius 2 is 2.24 bits per heavy atom. The highest BCUT2D eigenvalue weighted by molar-refractivity contribution is 5.97. The highest BCUT2D eigenvalue weighted by Gasteiger charge is 2.29. The Hall–Kier alpha value is -1.88. The maximum atomic E-state index is 12.2. The summed E-state index contributed by atoms with van der Waals surface area (Å²) >= 11 is 0. The molecule has 2 heterocycles. The van der Waals surface area contributed by atoms with Gasteiger partial charge < -0.3 is 15.5 Å². The minimum absolute atomic E-state index is 0.00308. The van der Waals surface area contributed by atoms with Gasteiger partial charge in [0.15, 0.2) is 0 Å². The number of rotatable bonds is 4. The Kier molecular flexibility index (Phi) is 3.92. The third-order valence-corrected chi connectivity index (χ3v) is 4.43. The second-order valence-electron chi connectivity index (χ2n) is 5.90. The van der Waals surface area contributed by atoms with Crippen LogP contribution in [0.5, 0.6) is 0 Å². The molecule has 5 nitrogen and oxygen atoms in total. The summed E-state index contributed by atoms with van der Waals surface area (Å²) in [5.41, 5.74) is 1.63. The summed E-state index contributed by atoms with van der Waals surface area (Å²) in [6, 6.07) is 7.55. The summed E-state index contributed by atoms with van der Waals surface area (Å²) in [6.45, 7) is 4.56. The van der Waals surface area contributed by atoms with Gasteiger partial charge in [-0.1, -0.05) is 13.0 Å². The van der Waals surface area contributed by atoms with Crippen LogP contribution in [0.15, 0.2) is 24.3 Å². The molecule has 0 aliphatic carbocycles. The zero-order valence-electron chi connectivity index (χ0n) is 12.3. The fourth-order valence-electron chi connectivity index (χ4n) is 2.81. The molecule has 2 N–H and O–H groups in total. The van der Waals surface area contributed by atoms with Gasteiger partial charge in [0, 0.05) is 30.3 Å². The van der Waals surface area contributed by atoms with Crippen molar-refractivity contribution in [3.63, 3.8) is 0 Å². The topological polar surface area (TPSA) is 61.4 Å². The molecule has 0 radical (unpaired) electrons. The summed E-state index contributed by atoms with van der Waals surface area (Å²) in [6.07, 6.45) is 1.52. The average molecular weight is 287 g/mol.